The third-order valence-corrected chi connectivity index (χ3v) is 12.2. The molecule has 59 heavy (non-hydrogen) atoms. The molecule has 12 heteroatoms. The maximum Gasteiger partial charge on any atom is 0.412 e. The Labute approximate surface area is 354 Å². The number of hydrogen-bond donors (Lipinski definition) is 3. The molecule has 6 atom stereocenters. The standard InChI is InChI=1S/C47H75N3O9/c1-6-10-11-12-13-14-15-16-17-20-27-48-45(53)58-36-25-26-41-39(33-36)43-37(24-19-22-30-52)35(23-18-21-29-51)32-38-40(49-57-9-4)34-42(50(28-7-2)46(54)55-5)47(59-41,44(38)43)56-31-8-3/h8,25-26,32-33,35,37,42-44,51-52H,3,6-7,9-24,27-31,34H2,1-2,4-5H3,(H,48,53). The Hall–Kier alpha value is -3.61. The lowest BCUT2D eigenvalue weighted by molar-refractivity contribution is -0.255. The van der Waals surface area contributed by atoms with E-state index in [2.05, 4.69) is 24.9 Å². The van der Waals surface area contributed by atoms with Crippen LogP contribution in [0.2, 0.25) is 0 Å². The molecular weight excluding hydrogens is 751 g/mol. The van der Waals surface area contributed by atoms with Crippen molar-refractivity contribution in [3.05, 3.63) is 48.1 Å². The highest BCUT2D eigenvalue weighted by molar-refractivity contribution is 6.03. The zero-order valence-corrected chi connectivity index (χ0v) is 36.6. The highest BCUT2D eigenvalue weighted by Gasteiger charge is 2.65. The maximum atomic E-state index is 13.7. The summed E-state index contributed by atoms with van der Waals surface area (Å²) in [5, 5.41) is 27.3. The number of methoxy groups -OCH3 is 1. The van der Waals surface area contributed by atoms with E-state index >= 15 is 0 Å². The van der Waals surface area contributed by atoms with Crippen LogP contribution in [0.15, 0.2) is 47.7 Å². The summed E-state index contributed by atoms with van der Waals surface area (Å²) in [6, 6.07) is 4.88. The number of ether oxygens (including phenoxy) is 4. The van der Waals surface area contributed by atoms with Gasteiger partial charge in [-0.05, 0) is 81.1 Å². The smallest absolute Gasteiger partial charge is 0.412 e. The SMILES string of the molecule is C=CCOC12Oc3ccc(OC(=O)NCCCCCCCCCCCC)cc3C3C(CCCCO)C(CCCCO)C=C(C(=NOCC)CC1N(CCC)C(=O)OC)C32. The second kappa shape index (κ2) is 25.9. The molecule has 3 aliphatic rings. The van der Waals surface area contributed by atoms with Crippen LogP contribution >= 0.6 is 0 Å². The molecule has 1 saturated carbocycles. The second-order valence-electron chi connectivity index (χ2n) is 16.4. The molecule has 12 nitrogen and oxygen atoms in total. The Balaban J connectivity index is 1.73. The minimum absolute atomic E-state index is 0.0496. The van der Waals surface area contributed by atoms with Gasteiger partial charge < -0.3 is 39.3 Å². The normalized spacial score (nSPS) is 23.7. The fourth-order valence-corrected chi connectivity index (χ4v) is 9.53. The third-order valence-electron chi connectivity index (χ3n) is 12.2. The summed E-state index contributed by atoms with van der Waals surface area (Å²) in [6.45, 7) is 11.8. The van der Waals surface area contributed by atoms with Crippen LogP contribution in [0.5, 0.6) is 11.5 Å². The van der Waals surface area contributed by atoms with Gasteiger partial charge in [-0.2, -0.15) is 0 Å². The zero-order chi connectivity index (χ0) is 42.5. The predicted octanol–water partition coefficient (Wildman–Crippen LogP) is 9.83. The van der Waals surface area contributed by atoms with Gasteiger partial charge in [-0.15, -0.1) is 6.58 Å². The highest BCUT2D eigenvalue weighted by atomic mass is 16.7. The summed E-state index contributed by atoms with van der Waals surface area (Å²) in [5.74, 6) is -0.912. The molecule has 3 N–H and O–H groups in total. The van der Waals surface area contributed by atoms with Crippen molar-refractivity contribution in [3.63, 3.8) is 0 Å². The van der Waals surface area contributed by atoms with Gasteiger partial charge in [0, 0.05) is 44.2 Å². The molecule has 6 unspecified atom stereocenters. The van der Waals surface area contributed by atoms with E-state index in [0.29, 0.717) is 56.9 Å². The summed E-state index contributed by atoms with van der Waals surface area (Å²) >= 11 is 0. The van der Waals surface area contributed by atoms with Crippen molar-refractivity contribution in [1.29, 1.82) is 0 Å². The molecule has 2 amide bonds. The topological polar surface area (TPSA) is 148 Å². The van der Waals surface area contributed by atoms with E-state index in [9.17, 15) is 19.8 Å². The molecule has 0 saturated heterocycles. The average molecular weight is 826 g/mol. The Morgan fingerprint density at radius 1 is 0.949 bits per heavy atom. The number of aliphatic hydroxyl groups excluding tert-OH is 2. The summed E-state index contributed by atoms with van der Waals surface area (Å²) in [6.07, 6.45) is 20.8. The number of allylic oxidation sites excluding steroid dienone is 1. The van der Waals surface area contributed by atoms with Gasteiger partial charge in [0.25, 0.3) is 0 Å². The van der Waals surface area contributed by atoms with Crippen LogP contribution in [0.4, 0.5) is 9.59 Å². The average Bonchev–Trinajstić information content (AvgIpc) is 3.24. The van der Waals surface area contributed by atoms with Gasteiger partial charge in [0.05, 0.1) is 25.3 Å². The van der Waals surface area contributed by atoms with Crippen LogP contribution in [-0.2, 0) is 14.3 Å². The summed E-state index contributed by atoms with van der Waals surface area (Å²) in [4.78, 5) is 34.3. The van der Waals surface area contributed by atoms with Crippen molar-refractivity contribution in [1.82, 2.24) is 10.2 Å². The van der Waals surface area contributed by atoms with Crippen LogP contribution in [0.25, 0.3) is 0 Å². The van der Waals surface area contributed by atoms with Gasteiger partial charge >= 0.3 is 12.2 Å². The Morgan fingerprint density at radius 3 is 2.29 bits per heavy atom. The number of nitrogens with one attached hydrogen (secondary N) is 1. The number of carbonyl (C=O) groups excluding carboxylic acids is 2. The molecule has 1 heterocycles. The van der Waals surface area contributed by atoms with Gasteiger partial charge in [0.1, 0.15) is 24.1 Å². The highest BCUT2D eigenvalue weighted by Crippen LogP contribution is 2.62. The summed E-state index contributed by atoms with van der Waals surface area (Å²) < 4.78 is 25.4. The molecule has 0 spiro atoms. The van der Waals surface area contributed by atoms with E-state index in [-0.39, 0.29) is 37.6 Å². The van der Waals surface area contributed by atoms with Gasteiger partial charge in [0.15, 0.2) is 0 Å². The number of nitrogens with zero attached hydrogens (tertiary/aromatic N) is 2. The number of amides is 2. The monoisotopic (exact) mass is 826 g/mol. The van der Waals surface area contributed by atoms with E-state index < -0.39 is 29.9 Å². The summed E-state index contributed by atoms with van der Waals surface area (Å²) in [5.41, 5.74) is 2.56. The van der Waals surface area contributed by atoms with Crippen molar-refractivity contribution >= 4 is 17.9 Å². The van der Waals surface area contributed by atoms with Gasteiger partial charge in [0.2, 0.25) is 5.79 Å². The molecule has 1 aromatic carbocycles. The number of oxime groups is 1. The van der Waals surface area contributed by atoms with E-state index in [0.717, 1.165) is 55.4 Å². The molecule has 0 aromatic heterocycles. The van der Waals surface area contributed by atoms with E-state index in [1.54, 1.807) is 17.0 Å². The van der Waals surface area contributed by atoms with E-state index in [1.807, 2.05) is 26.0 Å². The number of rotatable bonds is 28. The zero-order valence-electron chi connectivity index (χ0n) is 36.6. The maximum absolute atomic E-state index is 13.7. The third kappa shape index (κ3) is 12.9. The molecular formula is C47H75N3O9. The fourth-order valence-electron chi connectivity index (χ4n) is 9.53. The quantitative estimate of drug-likeness (QED) is 0.0427. The number of benzene rings is 1. The Bertz CT molecular complexity index is 1500. The van der Waals surface area contributed by atoms with Crippen LogP contribution in [0.3, 0.4) is 0 Å². The molecule has 332 valence electrons. The van der Waals surface area contributed by atoms with Gasteiger partial charge in [-0.1, -0.05) is 102 Å². The lowest BCUT2D eigenvalue weighted by Crippen LogP contribution is -2.70. The van der Waals surface area contributed by atoms with Crippen molar-refractivity contribution in [3.8, 4) is 11.5 Å². The number of unbranched alkanes of at least 4 members (excludes halogenated alkanes) is 11. The lowest BCUT2D eigenvalue weighted by Gasteiger charge is -2.59. The molecule has 2 aliphatic carbocycles. The van der Waals surface area contributed by atoms with Crippen molar-refractivity contribution in [2.75, 3.05) is 46.6 Å². The first kappa shape index (κ1) is 48.1. The molecule has 0 bridgehead atoms. The van der Waals surface area contributed by atoms with Crippen molar-refractivity contribution < 1.29 is 43.6 Å². The number of aliphatic hydroxyl groups is 2. The lowest BCUT2D eigenvalue weighted by atomic mass is 9.55. The van der Waals surface area contributed by atoms with Crippen LogP contribution in [0.1, 0.15) is 148 Å². The Morgan fingerprint density at radius 2 is 1.64 bits per heavy atom. The van der Waals surface area contributed by atoms with Crippen molar-refractivity contribution in [2.45, 2.75) is 154 Å². The first-order valence-corrected chi connectivity index (χ1v) is 22.8. The fraction of sp³-hybridized carbons (Fsp3) is 0.723. The Kier molecular flexibility index (Phi) is 21.1. The van der Waals surface area contributed by atoms with E-state index in [1.165, 1.54) is 58.5 Å². The first-order chi connectivity index (χ1) is 28.8. The summed E-state index contributed by atoms with van der Waals surface area (Å²) in [7, 11) is 1.38. The van der Waals surface area contributed by atoms with E-state index in [4.69, 9.17) is 28.9 Å². The molecule has 1 aliphatic heterocycles. The molecule has 1 fully saturated rings. The van der Waals surface area contributed by atoms with Gasteiger partial charge in [-0.25, -0.2) is 9.59 Å². The molecule has 1 aromatic rings. The second-order valence-corrected chi connectivity index (χ2v) is 16.4. The van der Waals surface area contributed by atoms with Gasteiger partial charge in [-0.3, -0.25) is 4.90 Å². The van der Waals surface area contributed by atoms with Crippen LogP contribution in [-0.4, -0.2) is 91.5 Å². The van der Waals surface area contributed by atoms with Crippen LogP contribution in [0, 0.1) is 17.8 Å². The predicted molar refractivity (Wildman–Crippen MR) is 232 cm³/mol. The number of hydrogen-bond acceptors (Lipinski definition) is 10. The van der Waals surface area contributed by atoms with Crippen molar-refractivity contribution in [2.24, 2.45) is 22.9 Å². The number of carbonyl (C=O) groups is 2. The largest absolute Gasteiger partial charge is 0.459 e. The number of fused-ring (bicyclic) bond motifs is 2. The minimum atomic E-state index is -1.37. The minimum Gasteiger partial charge on any atom is -0.459 e. The van der Waals surface area contributed by atoms with Crippen LogP contribution < -0.4 is 14.8 Å². The molecule has 0 radical (unpaired) electrons. The first-order valence-electron chi connectivity index (χ1n) is 22.8. The molecule has 4 rings (SSSR count).